The fourth-order valence-electron chi connectivity index (χ4n) is 3.07. The van der Waals surface area contributed by atoms with Crippen LogP contribution in [-0.4, -0.2) is 9.97 Å². The summed E-state index contributed by atoms with van der Waals surface area (Å²) in [6.45, 7) is 4.57. The van der Waals surface area contributed by atoms with Gasteiger partial charge in [0, 0.05) is 0 Å². The van der Waals surface area contributed by atoms with Crippen molar-refractivity contribution in [2.24, 2.45) is 5.92 Å². The second kappa shape index (κ2) is 6.87. The Labute approximate surface area is 132 Å². The summed E-state index contributed by atoms with van der Waals surface area (Å²) in [6.07, 6.45) is 6.35. The molecule has 0 radical (unpaired) electrons. The van der Waals surface area contributed by atoms with Gasteiger partial charge in [-0.1, -0.05) is 57.7 Å². The third-order valence-corrected chi connectivity index (χ3v) is 4.47. The fourth-order valence-corrected chi connectivity index (χ4v) is 3.07. The van der Waals surface area contributed by atoms with Crippen LogP contribution in [0, 0.1) is 5.92 Å². The van der Waals surface area contributed by atoms with E-state index < -0.39 is 0 Å². The van der Waals surface area contributed by atoms with E-state index >= 15 is 0 Å². The van der Waals surface area contributed by atoms with Crippen LogP contribution in [0.3, 0.4) is 0 Å². The van der Waals surface area contributed by atoms with E-state index in [1.165, 1.54) is 31.2 Å². The van der Waals surface area contributed by atoms with E-state index in [0.29, 0.717) is 0 Å². The van der Waals surface area contributed by atoms with Crippen LogP contribution in [-0.2, 0) is 6.42 Å². The van der Waals surface area contributed by atoms with Gasteiger partial charge in [-0.3, -0.25) is 0 Å². The summed E-state index contributed by atoms with van der Waals surface area (Å²) in [5, 5.41) is 0. The lowest BCUT2D eigenvalue weighted by molar-refractivity contribution is 0.449. The van der Waals surface area contributed by atoms with Gasteiger partial charge in [-0.25, -0.2) is 9.97 Å². The van der Waals surface area contributed by atoms with Crippen LogP contribution in [0.5, 0.6) is 0 Å². The van der Waals surface area contributed by atoms with E-state index in [9.17, 15) is 0 Å². The van der Waals surface area contributed by atoms with E-state index in [-0.39, 0.29) is 0 Å². The second-order valence-corrected chi connectivity index (χ2v) is 6.16. The molecule has 1 unspecified atom stereocenters. The third kappa shape index (κ3) is 3.27. The molecule has 2 heteroatoms. The lowest BCUT2D eigenvalue weighted by Gasteiger charge is -2.14. The van der Waals surface area contributed by atoms with Gasteiger partial charge in [-0.05, 0) is 42.2 Å². The number of hydrogen-bond donors (Lipinski definition) is 0. The molecule has 0 bridgehead atoms. The highest BCUT2D eigenvalue weighted by Gasteiger charge is 2.09. The standard InChI is InChI=1S/C20H24N2/c1-3-5-8-15(4-2)13-16-11-12-19-20(14-16)22-18-10-7-6-9-17(18)21-19/h6-7,9-12,14-15H,3-5,8,13H2,1-2H3. The lowest BCUT2D eigenvalue weighted by atomic mass is 9.92. The molecule has 2 nitrogen and oxygen atoms in total. The molecule has 3 aromatic rings. The molecule has 0 fully saturated rings. The normalized spacial score (nSPS) is 12.8. The summed E-state index contributed by atoms with van der Waals surface area (Å²) in [6, 6.07) is 14.7. The first-order chi connectivity index (χ1) is 10.8. The highest BCUT2D eigenvalue weighted by Crippen LogP contribution is 2.22. The number of hydrogen-bond acceptors (Lipinski definition) is 2. The smallest absolute Gasteiger partial charge is 0.0897 e. The minimum absolute atomic E-state index is 0.783. The van der Waals surface area contributed by atoms with Crippen molar-refractivity contribution < 1.29 is 0 Å². The summed E-state index contributed by atoms with van der Waals surface area (Å²) < 4.78 is 0. The van der Waals surface area contributed by atoms with Crippen molar-refractivity contribution in [2.75, 3.05) is 0 Å². The fraction of sp³-hybridized carbons (Fsp3) is 0.400. The molecule has 0 aliphatic carbocycles. The first-order valence-corrected chi connectivity index (χ1v) is 8.45. The molecule has 0 spiro atoms. The van der Waals surface area contributed by atoms with Gasteiger partial charge in [0.05, 0.1) is 22.1 Å². The Morgan fingerprint density at radius 2 is 1.55 bits per heavy atom. The van der Waals surface area contributed by atoms with E-state index in [2.05, 4.69) is 32.0 Å². The molecule has 0 aliphatic heterocycles. The molecule has 0 amide bonds. The predicted molar refractivity (Wildman–Crippen MR) is 94.1 cm³/mol. The molecular weight excluding hydrogens is 268 g/mol. The second-order valence-electron chi connectivity index (χ2n) is 6.16. The maximum atomic E-state index is 4.77. The number of aromatic nitrogens is 2. The Morgan fingerprint density at radius 1 is 0.864 bits per heavy atom. The molecule has 3 rings (SSSR count). The van der Waals surface area contributed by atoms with Crippen molar-refractivity contribution in [2.45, 2.75) is 46.0 Å². The Hall–Kier alpha value is -1.96. The van der Waals surface area contributed by atoms with Gasteiger partial charge in [0.2, 0.25) is 0 Å². The zero-order chi connectivity index (χ0) is 15.4. The molecule has 1 heterocycles. The number of unbranched alkanes of at least 4 members (excludes halogenated alkanes) is 1. The number of fused-ring (bicyclic) bond motifs is 2. The lowest BCUT2D eigenvalue weighted by Crippen LogP contribution is -2.03. The van der Waals surface area contributed by atoms with Gasteiger partial charge < -0.3 is 0 Å². The largest absolute Gasteiger partial charge is 0.245 e. The van der Waals surface area contributed by atoms with Gasteiger partial charge in [-0.2, -0.15) is 0 Å². The first-order valence-electron chi connectivity index (χ1n) is 8.45. The molecular formula is C20H24N2. The van der Waals surface area contributed by atoms with Crippen molar-refractivity contribution in [1.82, 2.24) is 9.97 Å². The summed E-state index contributed by atoms with van der Waals surface area (Å²) in [7, 11) is 0. The molecule has 0 aliphatic rings. The zero-order valence-electron chi connectivity index (χ0n) is 13.5. The van der Waals surface area contributed by atoms with Crippen molar-refractivity contribution in [3.8, 4) is 0 Å². The number of benzene rings is 2. The molecule has 1 atom stereocenters. The Balaban J connectivity index is 1.89. The summed E-state index contributed by atoms with van der Waals surface area (Å²) >= 11 is 0. The average molecular weight is 292 g/mol. The van der Waals surface area contributed by atoms with Crippen LogP contribution >= 0.6 is 0 Å². The maximum Gasteiger partial charge on any atom is 0.0897 e. The molecule has 114 valence electrons. The zero-order valence-corrected chi connectivity index (χ0v) is 13.5. The summed E-state index contributed by atoms with van der Waals surface area (Å²) in [5.41, 5.74) is 5.34. The molecule has 22 heavy (non-hydrogen) atoms. The SMILES string of the molecule is CCCCC(CC)Cc1ccc2nc3ccccc3nc2c1. The number of para-hydroxylation sites is 2. The molecule has 1 aromatic heterocycles. The highest BCUT2D eigenvalue weighted by molar-refractivity contribution is 5.86. The van der Waals surface area contributed by atoms with Gasteiger partial charge in [-0.15, -0.1) is 0 Å². The molecule has 0 saturated heterocycles. The van der Waals surface area contributed by atoms with Crippen LogP contribution in [0.4, 0.5) is 0 Å². The Kier molecular flexibility index (Phi) is 4.67. The average Bonchev–Trinajstić information content (AvgIpc) is 2.56. The van der Waals surface area contributed by atoms with E-state index in [1.807, 2.05) is 24.3 Å². The van der Waals surface area contributed by atoms with E-state index in [4.69, 9.17) is 9.97 Å². The van der Waals surface area contributed by atoms with Crippen molar-refractivity contribution in [3.63, 3.8) is 0 Å². The van der Waals surface area contributed by atoms with Gasteiger partial charge in [0.25, 0.3) is 0 Å². The van der Waals surface area contributed by atoms with Crippen LogP contribution in [0.15, 0.2) is 42.5 Å². The highest BCUT2D eigenvalue weighted by atomic mass is 14.8. The molecule has 2 aromatic carbocycles. The van der Waals surface area contributed by atoms with Gasteiger partial charge in [0.1, 0.15) is 0 Å². The van der Waals surface area contributed by atoms with Gasteiger partial charge >= 0.3 is 0 Å². The van der Waals surface area contributed by atoms with Gasteiger partial charge in [0.15, 0.2) is 0 Å². The minimum atomic E-state index is 0.783. The topological polar surface area (TPSA) is 25.8 Å². The van der Waals surface area contributed by atoms with Crippen molar-refractivity contribution >= 4 is 22.1 Å². The quantitative estimate of drug-likeness (QED) is 0.557. The molecule has 0 N–H and O–H groups in total. The molecule has 0 saturated carbocycles. The number of rotatable bonds is 6. The van der Waals surface area contributed by atoms with Crippen LogP contribution in [0.2, 0.25) is 0 Å². The third-order valence-electron chi connectivity index (χ3n) is 4.47. The van der Waals surface area contributed by atoms with Crippen LogP contribution in [0.25, 0.3) is 22.1 Å². The first kappa shape index (κ1) is 15.0. The summed E-state index contributed by atoms with van der Waals surface area (Å²) in [4.78, 5) is 9.48. The Morgan fingerprint density at radius 3 is 2.23 bits per heavy atom. The van der Waals surface area contributed by atoms with Crippen molar-refractivity contribution in [3.05, 3.63) is 48.0 Å². The summed E-state index contributed by atoms with van der Waals surface area (Å²) in [5.74, 6) is 0.783. The van der Waals surface area contributed by atoms with Crippen LogP contribution in [0.1, 0.15) is 45.1 Å². The Bertz CT molecular complexity index is 764. The van der Waals surface area contributed by atoms with Crippen LogP contribution < -0.4 is 0 Å². The van der Waals surface area contributed by atoms with E-state index in [0.717, 1.165) is 34.4 Å². The van der Waals surface area contributed by atoms with Crippen molar-refractivity contribution in [1.29, 1.82) is 0 Å². The monoisotopic (exact) mass is 292 g/mol. The van der Waals surface area contributed by atoms with E-state index in [1.54, 1.807) is 0 Å². The number of nitrogens with zero attached hydrogens (tertiary/aromatic N) is 2. The minimum Gasteiger partial charge on any atom is -0.245 e. The predicted octanol–water partition coefficient (Wildman–Crippen LogP) is 5.54. The maximum absolute atomic E-state index is 4.77.